The van der Waals surface area contributed by atoms with E-state index in [0.717, 1.165) is 25.0 Å². The van der Waals surface area contributed by atoms with Crippen molar-refractivity contribution in [2.75, 3.05) is 12.3 Å². The maximum Gasteiger partial charge on any atom is 0.325 e. The molecule has 0 radical (unpaired) electrons. The van der Waals surface area contributed by atoms with Crippen LogP contribution in [0.1, 0.15) is 45.6 Å². The molecule has 1 N–H and O–H groups in total. The largest absolute Gasteiger partial charge is 0.325 e. The number of carbonyl (C=O) groups excluding carboxylic acids is 2. The number of amides is 3. The van der Waals surface area contributed by atoms with Crippen LogP contribution < -0.4 is 5.32 Å². The van der Waals surface area contributed by atoms with Gasteiger partial charge in [-0.25, -0.2) is 4.79 Å². The van der Waals surface area contributed by atoms with Crippen molar-refractivity contribution < 1.29 is 9.59 Å². The first-order chi connectivity index (χ1) is 11.7. The molecule has 5 heteroatoms. The summed E-state index contributed by atoms with van der Waals surface area (Å²) in [5.41, 5.74) is 0.620. The van der Waals surface area contributed by atoms with E-state index in [0.29, 0.717) is 12.5 Å². The lowest BCUT2D eigenvalue weighted by Gasteiger charge is -2.43. The van der Waals surface area contributed by atoms with E-state index in [2.05, 4.69) is 57.3 Å². The van der Waals surface area contributed by atoms with Gasteiger partial charge < -0.3 is 5.32 Å². The Morgan fingerprint density at radius 2 is 1.88 bits per heavy atom. The van der Waals surface area contributed by atoms with E-state index >= 15 is 0 Å². The van der Waals surface area contributed by atoms with Crippen LogP contribution in [0.5, 0.6) is 0 Å². The van der Waals surface area contributed by atoms with E-state index in [-0.39, 0.29) is 17.4 Å². The second-order valence-corrected chi connectivity index (χ2v) is 9.65. The molecule has 3 amide bonds. The van der Waals surface area contributed by atoms with Gasteiger partial charge in [0.25, 0.3) is 5.91 Å². The van der Waals surface area contributed by atoms with Gasteiger partial charge in [0.2, 0.25) is 0 Å². The average Bonchev–Trinajstić information content (AvgIpc) is 2.70. The zero-order chi connectivity index (χ0) is 18.2. The van der Waals surface area contributed by atoms with Gasteiger partial charge in [-0.15, -0.1) is 11.8 Å². The van der Waals surface area contributed by atoms with Crippen LogP contribution in [0.2, 0.25) is 0 Å². The van der Waals surface area contributed by atoms with E-state index in [1.165, 1.54) is 15.4 Å². The molecule has 0 unspecified atom stereocenters. The van der Waals surface area contributed by atoms with Crippen LogP contribution in [0.4, 0.5) is 4.79 Å². The maximum absolute atomic E-state index is 13.0. The molecule has 25 heavy (non-hydrogen) atoms. The van der Waals surface area contributed by atoms with Crippen LogP contribution in [0, 0.1) is 18.3 Å². The summed E-state index contributed by atoms with van der Waals surface area (Å²) in [6.07, 6.45) is 2.58. The minimum absolute atomic E-state index is 0.0263. The molecule has 3 rings (SSSR count). The number of hydrogen-bond donors (Lipinski definition) is 1. The van der Waals surface area contributed by atoms with E-state index < -0.39 is 5.54 Å². The van der Waals surface area contributed by atoms with Crippen molar-refractivity contribution in [3.05, 3.63) is 29.8 Å². The Morgan fingerprint density at radius 3 is 2.52 bits per heavy atom. The lowest BCUT2D eigenvalue weighted by molar-refractivity contribution is -0.134. The number of imide groups is 1. The number of aryl methyl sites for hydroxylation is 1. The van der Waals surface area contributed by atoms with Gasteiger partial charge in [-0.3, -0.25) is 9.69 Å². The first-order valence-electron chi connectivity index (χ1n) is 9.04. The third-order valence-electron chi connectivity index (χ3n) is 5.23. The van der Waals surface area contributed by atoms with Crippen molar-refractivity contribution in [1.29, 1.82) is 0 Å². The first kappa shape index (κ1) is 18.3. The normalized spacial score (nSPS) is 28.5. The van der Waals surface area contributed by atoms with Crippen molar-refractivity contribution in [2.24, 2.45) is 11.3 Å². The third-order valence-corrected chi connectivity index (χ3v) is 6.22. The predicted molar refractivity (Wildman–Crippen MR) is 102 cm³/mol. The molecule has 1 heterocycles. The van der Waals surface area contributed by atoms with Crippen molar-refractivity contribution in [3.63, 3.8) is 0 Å². The molecule has 1 saturated heterocycles. The average molecular weight is 361 g/mol. The second kappa shape index (κ2) is 6.67. The molecule has 1 spiro atoms. The summed E-state index contributed by atoms with van der Waals surface area (Å²) in [5.74, 6) is 1.13. The van der Waals surface area contributed by atoms with Crippen LogP contribution in [0.25, 0.3) is 0 Å². The number of rotatable bonds is 4. The third kappa shape index (κ3) is 3.86. The van der Waals surface area contributed by atoms with Gasteiger partial charge in [-0.1, -0.05) is 38.5 Å². The first-order valence-corrected chi connectivity index (χ1v) is 10.0. The number of carbonyl (C=O) groups is 2. The maximum atomic E-state index is 13.0. The highest BCUT2D eigenvalue weighted by Crippen LogP contribution is 2.46. The summed E-state index contributed by atoms with van der Waals surface area (Å²) in [5, 5.41) is 3.04. The SMILES string of the molecule is Cc1ccc(SCCN2C(=O)N[C@@]3(C[C@@H](C)CC(C)(C)C3)C2=O)cc1. The monoisotopic (exact) mass is 360 g/mol. The van der Waals surface area contributed by atoms with E-state index in [1.807, 2.05) is 0 Å². The lowest BCUT2D eigenvalue weighted by Crippen LogP contribution is -2.54. The van der Waals surface area contributed by atoms with Crippen molar-refractivity contribution >= 4 is 23.7 Å². The van der Waals surface area contributed by atoms with Crippen molar-refractivity contribution in [2.45, 2.75) is 57.4 Å². The number of nitrogens with zero attached hydrogens (tertiary/aromatic N) is 1. The van der Waals surface area contributed by atoms with Crippen LogP contribution >= 0.6 is 11.8 Å². The minimum Gasteiger partial charge on any atom is -0.323 e. The van der Waals surface area contributed by atoms with Gasteiger partial charge in [0.1, 0.15) is 5.54 Å². The summed E-state index contributed by atoms with van der Waals surface area (Å²) < 4.78 is 0. The Kier molecular flexibility index (Phi) is 4.89. The van der Waals surface area contributed by atoms with Crippen LogP contribution in [0.3, 0.4) is 0 Å². The molecule has 0 aromatic heterocycles. The van der Waals surface area contributed by atoms with Gasteiger partial charge in [-0.05, 0) is 49.7 Å². The number of nitrogens with one attached hydrogen (secondary N) is 1. The molecule has 1 saturated carbocycles. The topological polar surface area (TPSA) is 49.4 Å². The summed E-state index contributed by atoms with van der Waals surface area (Å²) in [4.78, 5) is 28.1. The van der Waals surface area contributed by atoms with Crippen LogP contribution in [0.15, 0.2) is 29.2 Å². The van der Waals surface area contributed by atoms with E-state index in [4.69, 9.17) is 0 Å². The minimum atomic E-state index is -0.688. The Balaban J connectivity index is 1.64. The fourth-order valence-corrected chi connectivity index (χ4v) is 5.44. The molecule has 4 nitrogen and oxygen atoms in total. The number of thioether (sulfide) groups is 1. The predicted octanol–water partition coefficient (Wildman–Crippen LogP) is 4.22. The highest BCUT2D eigenvalue weighted by molar-refractivity contribution is 7.99. The molecule has 2 atom stereocenters. The second-order valence-electron chi connectivity index (χ2n) is 8.48. The standard InChI is InChI=1S/C20H28N2O2S/c1-14-5-7-16(8-6-14)25-10-9-22-17(23)20(21-18(22)24)12-15(2)11-19(3,4)13-20/h5-8,15H,9-13H2,1-4H3,(H,21,24)/t15-,20+/m0/s1. The number of hydrogen-bond acceptors (Lipinski definition) is 3. The quantitative estimate of drug-likeness (QED) is 0.646. The van der Waals surface area contributed by atoms with E-state index in [9.17, 15) is 9.59 Å². The van der Waals surface area contributed by atoms with Gasteiger partial charge >= 0.3 is 6.03 Å². The zero-order valence-electron chi connectivity index (χ0n) is 15.6. The summed E-state index contributed by atoms with van der Waals surface area (Å²) in [6, 6.07) is 8.10. The van der Waals surface area contributed by atoms with Crippen molar-refractivity contribution in [1.82, 2.24) is 10.2 Å². The molecule has 1 aromatic rings. The Hall–Kier alpha value is -1.49. The molecular formula is C20H28N2O2S. The summed E-state index contributed by atoms with van der Waals surface area (Å²) in [7, 11) is 0. The number of urea groups is 1. The van der Waals surface area contributed by atoms with Crippen molar-refractivity contribution in [3.8, 4) is 0 Å². The Bertz CT molecular complexity index is 671. The van der Waals surface area contributed by atoms with E-state index in [1.54, 1.807) is 11.8 Å². The van der Waals surface area contributed by atoms with Gasteiger partial charge in [0.05, 0.1) is 0 Å². The molecular weight excluding hydrogens is 332 g/mol. The summed E-state index contributed by atoms with van der Waals surface area (Å²) in [6.45, 7) is 9.09. The molecule has 0 bridgehead atoms. The Labute approximate surface area is 154 Å². The van der Waals surface area contributed by atoms with Crippen LogP contribution in [-0.2, 0) is 4.79 Å². The van der Waals surface area contributed by atoms with Gasteiger partial charge in [0, 0.05) is 17.2 Å². The summed E-state index contributed by atoms with van der Waals surface area (Å²) >= 11 is 1.68. The van der Waals surface area contributed by atoms with Gasteiger partial charge in [-0.2, -0.15) is 0 Å². The molecule has 1 aliphatic carbocycles. The van der Waals surface area contributed by atoms with Crippen LogP contribution in [-0.4, -0.2) is 34.7 Å². The molecule has 136 valence electrons. The zero-order valence-corrected chi connectivity index (χ0v) is 16.4. The number of benzene rings is 1. The molecule has 2 aliphatic rings. The fraction of sp³-hybridized carbons (Fsp3) is 0.600. The highest BCUT2D eigenvalue weighted by atomic mass is 32.2. The lowest BCUT2D eigenvalue weighted by atomic mass is 9.64. The Morgan fingerprint density at radius 1 is 1.20 bits per heavy atom. The smallest absolute Gasteiger partial charge is 0.323 e. The molecule has 1 aromatic carbocycles. The fourth-order valence-electron chi connectivity index (χ4n) is 4.60. The highest BCUT2D eigenvalue weighted by Gasteiger charge is 2.55. The molecule has 1 aliphatic heterocycles. The van der Waals surface area contributed by atoms with Gasteiger partial charge in [0.15, 0.2) is 0 Å². The molecule has 2 fully saturated rings.